The molecule has 1 spiro atoms. The lowest BCUT2D eigenvalue weighted by molar-refractivity contribution is 0.00285. The number of amides is 1. The monoisotopic (exact) mass is 406 g/mol. The van der Waals surface area contributed by atoms with E-state index in [4.69, 9.17) is 9.47 Å². The standard InChI is InChI=1S/C25H30N2O3/c1-29-20-9-5-8-19(14-20)24(28)26-15-21-22-16-27(13-11-18-6-3-2-4-7-18)17-25(22)12-10-23(21)30-25/h2-9,14,21-23H,10-13,15-17H2,1H3,(H,26,28)/t21-,22+,23+,25+/m0/s1. The Hall–Kier alpha value is -2.37. The van der Waals surface area contributed by atoms with Crippen molar-refractivity contribution < 1.29 is 14.3 Å². The number of likely N-dealkylation sites (tertiary alicyclic amines) is 1. The van der Waals surface area contributed by atoms with Gasteiger partial charge in [-0.2, -0.15) is 0 Å². The maximum Gasteiger partial charge on any atom is 0.251 e. The molecule has 2 bridgehead atoms. The summed E-state index contributed by atoms with van der Waals surface area (Å²) in [4.78, 5) is 15.2. The molecule has 3 aliphatic rings. The van der Waals surface area contributed by atoms with Gasteiger partial charge in [-0.1, -0.05) is 36.4 Å². The molecular weight excluding hydrogens is 376 g/mol. The number of benzene rings is 2. The van der Waals surface area contributed by atoms with Crippen molar-refractivity contribution in [1.29, 1.82) is 0 Å². The number of carbonyl (C=O) groups excluding carboxylic acids is 1. The highest BCUT2D eigenvalue weighted by molar-refractivity contribution is 5.94. The zero-order chi connectivity index (χ0) is 20.6. The molecular formula is C25H30N2O3. The second-order valence-corrected chi connectivity index (χ2v) is 8.94. The van der Waals surface area contributed by atoms with Gasteiger partial charge >= 0.3 is 0 Å². The maximum absolute atomic E-state index is 12.7. The fourth-order valence-electron chi connectivity index (χ4n) is 5.74. The molecule has 1 N–H and O–H groups in total. The summed E-state index contributed by atoms with van der Waals surface area (Å²) in [6.45, 7) is 3.85. The molecule has 5 nitrogen and oxygen atoms in total. The van der Waals surface area contributed by atoms with Gasteiger partial charge in [0.2, 0.25) is 0 Å². The Morgan fingerprint density at radius 1 is 1.23 bits per heavy atom. The minimum atomic E-state index is -0.0374. The quantitative estimate of drug-likeness (QED) is 0.768. The first-order valence-electron chi connectivity index (χ1n) is 11.0. The zero-order valence-corrected chi connectivity index (χ0v) is 17.5. The number of hydrogen-bond donors (Lipinski definition) is 1. The van der Waals surface area contributed by atoms with Crippen LogP contribution in [0, 0.1) is 11.8 Å². The second kappa shape index (κ2) is 8.05. The van der Waals surface area contributed by atoms with Gasteiger partial charge in [0.05, 0.1) is 18.8 Å². The Morgan fingerprint density at radius 2 is 2.10 bits per heavy atom. The van der Waals surface area contributed by atoms with Crippen LogP contribution in [0.15, 0.2) is 54.6 Å². The number of nitrogens with one attached hydrogen (secondary N) is 1. The van der Waals surface area contributed by atoms with Crippen LogP contribution in [0.3, 0.4) is 0 Å². The van der Waals surface area contributed by atoms with Crippen LogP contribution >= 0.6 is 0 Å². The zero-order valence-electron chi connectivity index (χ0n) is 17.5. The molecule has 3 heterocycles. The number of hydrogen-bond acceptors (Lipinski definition) is 4. The molecule has 2 aromatic carbocycles. The van der Waals surface area contributed by atoms with Crippen molar-refractivity contribution in [2.75, 3.05) is 33.3 Å². The molecule has 3 aliphatic heterocycles. The molecule has 5 heteroatoms. The third-order valence-electron chi connectivity index (χ3n) is 7.24. The number of methoxy groups -OCH3 is 1. The molecule has 0 unspecified atom stereocenters. The smallest absolute Gasteiger partial charge is 0.251 e. The predicted molar refractivity (Wildman–Crippen MR) is 116 cm³/mol. The largest absolute Gasteiger partial charge is 0.497 e. The van der Waals surface area contributed by atoms with Crippen molar-refractivity contribution in [1.82, 2.24) is 10.2 Å². The van der Waals surface area contributed by atoms with Gasteiger partial charge in [-0.05, 0) is 43.0 Å². The van der Waals surface area contributed by atoms with Crippen molar-refractivity contribution >= 4 is 5.91 Å². The molecule has 0 aliphatic carbocycles. The van der Waals surface area contributed by atoms with Crippen LogP contribution in [0.5, 0.6) is 5.75 Å². The third-order valence-corrected chi connectivity index (χ3v) is 7.24. The fraction of sp³-hybridized carbons (Fsp3) is 0.480. The Bertz CT molecular complexity index is 902. The van der Waals surface area contributed by atoms with E-state index in [-0.39, 0.29) is 17.6 Å². The fourth-order valence-corrected chi connectivity index (χ4v) is 5.74. The first-order chi connectivity index (χ1) is 14.7. The summed E-state index contributed by atoms with van der Waals surface area (Å²) < 4.78 is 11.8. The van der Waals surface area contributed by atoms with Crippen LogP contribution in [-0.4, -0.2) is 55.8 Å². The van der Waals surface area contributed by atoms with Crippen molar-refractivity contribution in [2.24, 2.45) is 11.8 Å². The van der Waals surface area contributed by atoms with E-state index in [2.05, 4.69) is 40.5 Å². The molecule has 3 fully saturated rings. The van der Waals surface area contributed by atoms with Gasteiger partial charge in [0, 0.05) is 43.6 Å². The summed E-state index contributed by atoms with van der Waals surface area (Å²) in [5.41, 5.74) is 2.04. The molecule has 30 heavy (non-hydrogen) atoms. The Labute approximate surface area is 178 Å². The summed E-state index contributed by atoms with van der Waals surface area (Å²) >= 11 is 0. The lowest BCUT2D eigenvalue weighted by Gasteiger charge is -2.29. The van der Waals surface area contributed by atoms with Gasteiger partial charge in [-0.3, -0.25) is 9.69 Å². The number of rotatable bonds is 7. The normalized spacial score (nSPS) is 29.7. The van der Waals surface area contributed by atoms with Crippen LogP contribution in [0.4, 0.5) is 0 Å². The van der Waals surface area contributed by atoms with Crippen LogP contribution in [0.25, 0.3) is 0 Å². The van der Waals surface area contributed by atoms with E-state index in [1.165, 1.54) is 5.56 Å². The minimum absolute atomic E-state index is 0.00666. The van der Waals surface area contributed by atoms with Crippen LogP contribution in [-0.2, 0) is 11.2 Å². The van der Waals surface area contributed by atoms with E-state index in [9.17, 15) is 4.79 Å². The number of carbonyl (C=O) groups is 1. The van der Waals surface area contributed by atoms with Crippen LogP contribution in [0.1, 0.15) is 28.8 Å². The molecule has 0 aromatic heterocycles. The molecule has 0 saturated carbocycles. The Balaban J connectivity index is 1.20. The van der Waals surface area contributed by atoms with Gasteiger partial charge < -0.3 is 14.8 Å². The van der Waals surface area contributed by atoms with Crippen LogP contribution < -0.4 is 10.1 Å². The number of ether oxygens (including phenoxy) is 2. The topological polar surface area (TPSA) is 50.8 Å². The van der Waals surface area contributed by atoms with E-state index in [0.717, 1.165) is 38.9 Å². The van der Waals surface area contributed by atoms with Gasteiger partial charge in [0.1, 0.15) is 5.75 Å². The van der Waals surface area contributed by atoms with Crippen molar-refractivity contribution in [3.63, 3.8) is 0 Å². The summed E-state index contributed by atoms with van der Waals surface area (Å²) in [5.74, 6) is 1.58. The van der Waals surface area contributed by atoms with Crippen molar-refractivity contribution in [3.05, 3.63) is 65.7 Å². The van der Waals surface area contributed by atoms with E-state index < -0.39 is 0 Å². The average molecular weight is 407 g/mol. The van der Waals surface area contributed by atoms with Gasteiger partial charge in [0.25, 0.3) is 5.91 Å². The molecule has 2 aromatic rings. The summed E-state index contributed by atoms with van der Waals surface area (Å²) in [7, 11) is 1.62. The van der Waals surface area contributed by atoms with E-state index in [1.54, 1.807) is 13.2 Å². The SMILES string of the molecule is COc1cccc(C(=O)NC[C@H]2[C@H]3CN(CCc4ccccc4)C[C@]34CC[C@H]2O4)c1. The number of nitrogens with zero attached hydrogens (tertiary/aromatic N) is 1. The highest BCUT2D eigenvalue weighted by atomic mass is 16.5. The van der Waals surface area contributed by atoms with E-state index in [0.29, 0.717) is 29.7 Å². The first kappa shape index (κ1) is 19.6. The minimum Gasteiger partial charge on any atom is -0.497 e. The average Bonchev–Trinajstić information content (AvgIpc) is 3.45. The lowest BCUT2D eigenvalue weighted by Crippen LogP contribution is -2.41. The highest BCUT2D eigenvalue weighted by Gasteiger charge is 2.62. The second-order valence-electron chi connectivity index (χ2n) is 8.94. The lowest BCUT2D eigenvalue weighted by atomic mass is 9.73. The maximum atomic E-state index is 12.7. The third kappa shape index (κ3) is 3.61. The van der Waals surface area contributed by atoms with Gasteiger partial charge in [-0.25, -0.2) is 0 Å². The highest BCUT2D eigenvalue weighted by Crippen LogP contribution is 2.54. The summed E-state index contributed by atoms with van der Waals surface area (Å²) in [6.07, 6.45) is 3.63. The molecule has 0 radical (unpaired) electrons. The van der Waals surface area contributed by atoms with Crippen molar-refractivity contribution in [2.45, 2.75) is 31.0 Å². The van der Waals surface area contributed by atoms with Crippen LogP contribution in [0.2, 0.25) is 0 Å². The summed E-state index contributed by atoms with van der Waals surface area (Å²) in [5, 5.41) is 3.17. The van der Waals surface area contributed by atoms with Gasteiger partial charge in [0.15, 0.2) is 0 Å². The van der Waals surface area contributed by atoms with Gasteiger partial charge in [-0.15, -0.1) is 0 Å². The van der Waals surface area contributed by atoms with Crippen molar-refractivity contribution in [3.8, 4) is 5.75 Å². The predicted octanol–water partition coefficient (Wildman–Crippen LogP) is 3.15. The Kier molecular flexibility index (Phi) is 5.25. The summed E-state index contributed by atoms with van der Waals surface area (Å²) in [6, 6.07) is 18.0. The number of fused-ring (bicyclic) bond motifs is 1. The Morgan fingerprint density at radius 3 is 2.93 bits per heavy atom. The van der Waals surface area contributed by atoms with E-state index in [1.807, 2.05) is 18.2 Å². The first-order valence-corrected chi connectivity index (χ1v) is 11.0. The van der Waals surface area contributed by atoms with E-state index >= 15 is 0 Å². The molecule has 3 saturated heterocycles. The molecule has 4 atom stereocenters. The molecule has 1 amide bonds. The molecule has 5 rings (SSSR count). The molecule has 158 valence electrons.